The van der Waals surface area contributed by atoms with E-state index in [0.29, 0.717) is 18.9 Å². The number of piperidine rings is 1. The molecule has 4 rings (SSSR count). The molecule has 1 aliphatic carbocycles. The van der Waals surface area contributed by atoms with Crippen LogP contribution in [-0.2, 0) is 16.0 Å². The molecule has 1 aromatic rings. The van der Waals surface area contributed by atoms with E-state index in [4.69, 9.17) is 0 Å². The fourth-order valence-corrected chi connectivity index (χ4v) is 5.15. The monoisotopic (exact) mass is 346 g/mol. The van der Waals surface area contributed by atoms with Crippen molar-refractivity contribution < 1.29 is 9.59 Å². The maximum atomic E-state index is 13.1. The molecule has 0 unspecified atom stereocenters. The van der Waals surface area contributed by atoms with Gasteiger partial charge in [0.2, 0.25) is 11.8 Å². The van der Waals surface area contributed by atoms with Gasteiger partial charge in [0.1, 0.15) is 0 Å². The SMILES string of the molecule is O=C(Cc1cccs1)N1CC[C@]2(CCCN(CC3CCC3)C2=O)C1. The molecule has 3 aliphatic rings. The van der Waals surface area contributed by atoms with Crippen molar-refractivity contribution in [2.24, 2.45) is 11.3 Å². The Bertz CT molecular complexity index is 611. The second kappa shape index (κ2) is 6.51. The summed E-state index contributed by atoms with van der Waals surface area (Å²) < 4.78 is 0. The summed E-state index contributed by atoms with van der Waals surface area (Å²) in [6.07, 6.45) is 7.26. The molecule has 1 aromatic heterocycles. The lowest BCUT2D eigenvalue weighted by Crippen LogP contribution is -2.52. The van der Waals surface area contributed by atoms with Gasteiger partial charge in [-0.1, -0.05) is 12.5 Å². The maximum absolute atomic E-state index is 13.1. The summed E-state index contributed by atoms with van der Waals surface area (Å²) in [4.78, 5) is 30.8. The van der Waals surface area contributed by atoms with Crippen molar-refractivity contribution in [3.05, 3.63) is 22.4 Å². The van der Waals surface area contributed by atoms with Gasteiger partial charge in [0, 0.05) is 31.1 Å². The molecule has 130 valence electrons. The molecule has 2 saturated heterocycles. The lowest BCUT2D eigenvalue weighted by molar-refractivity contribution is -0.147. The van der Waals surface area contributed by atoms with Crippen molar-refractivity contribution in [1.29, 1.82) is 0 Å². The lowest BCUT2D eigenvalue weighted by atomic mass is 9.77. The van der Waals surface area contributed by atoms with E-state index in [1.165, 1.54) is 19.3 Å². The van der Waals surface area contributed by atoms with Crippen LogP contribution in [0.1, 0.15) is 43.4 Å². The van der Waals surface area contributed by atoms with Gasteiger partial charge in [0.15, 0.2) is 0 Å². The Hall–Kier alpha value is -1.36. The molecule has 0 radical (unpaired) electrons. The molecule has 2 amide bonds. The third-order valence-electron chi connectivity index (χ3n) is 6.14. The van der Waals surface area contributed by atoms with Crippen LogP contribution in [0, 0.1) is 11.3 Å². The smallest absolute Gasteiger partial charge is 0.230 e. The zero-order valence-corrected chi connectivity index (χ0v) is 15.0. The van der Waals surface area contributed by atoms with E-state index in [9.17, 15) is 9.59 Å². The van der Waals surface area contributed by atoms with E-state index in [2.05, 4.69) is 4.90 Å². The number of hydrogen-bond donors (Lipinski definition) is 0. The minimum absolute atomic E-state index is 0.179. The number of rotatable bonds is 4. The summed E-state index contributed by atoms with van der Waals surface area (Å²) in [5.74, 6) is 1.23. The summed E-state index contributed by atoms with van der Waals surface area (Å²) in [6.45, 7) is 3.24. The highest BCUT2D eigenvalue weighted by atomic mass is 32.1. The molecule has 0 aromatic carbocycles. The van der Waals surface area contributed by atoms with Crippen LogP contribution in [0.25, 0.3) is 0 Å². The standard InChI is InChI=1S/C19H26N2O2S/c22-17(12-16-6-2-11-24-16)21-10-8-19(14-21)7-3-9-20(18(19)23)13-15-4-1-5-15/h2,6,11,15H,1,3-5,7-10,12-14H2/t19-/m1/s1. The highest BCUT2D eigenvalue weighted by Gasteiger charge is 2.49. The van der Waals surface area contributed by atoms with Gasteiger partial charge in [-0.3, -0.25) is 9.59 Å². The van der Waals surface area contributed by atoms with Gasteiger partial charge in [-0.2, -0.15) is 0 Å². The summed E-state index contributed by atoms with van der Waals surface area (Å²) >= 11 is 1.63. The predicted octanol–water partition coefficient (Wildman–Crippen LogP) is 2.93. The quantitative estimate of drug-likeness (QED) is 0.841. The van der Waals surface area contributed by atoms with Crippen molar-refractivity contribution in [2.45, 2.75) is 44.9 Å². The zero-order chi connectivity index (χ0) is 16.6. The topological polar surface area (TPSA) is 40.6 Å². The van der Waals surface area contributed by atoms with Gasteiger partial charge < -0.3 is 9.80 Å². The molecular weight excluding hydrogens is 320 g/mol. The number of hydrogen-bond acceptors (Lipinski definition) is 3. The Labute approximate surface area is 147 Å². The Morgan fingerprint density at radius 2 is 2.12 bits per heavy atom. The van der Waals surface area contributed by atoms with Crippen molar-refractivity contribution in [3.8, 4) is 0 Å². The number of carbonyl (C=O) groups is 2. The van der Waals surface area contributed by atoms with Crippen LogP contribution in [0.2, 0.25) is 0 Å². The molecule has 2 aliphatic heterocycles. The van der Waals surface area contributed by atoms with E-state index >= 15 is 0 Å². The molecule has 5 heteroatoms. The average Bonchev–Trinajstić information content (AvgIpc) is 3.18. The molecule has 0 bridgehead atoms. The first-order valence-electron chi connectivity index (χ1n) is 9.26. The fourth-order valence-electron chi connectivity index (χ4n) is 4.45. The first-order valence-corrected chi connectivity index (χ1v) is 10.1. The van der Waals surface area contributed by atoms with Gasteiger partial charge >= 0.3 is 0 Å². The molecule has 1 saturated carbocycles. The van der Waals surface area contributed by atoms with Crippen molar-refractivity contribution in [1.82, 2.24) is 9.80 Å². The van der Waals surface area contributed by atoms with Crippen molar-refractivity contribution in [3.63, 3.8) is 0 Å². The van der Waals surface area contributed by atoms with E-state index < -0.39 is 0 Å². The van der Waals surface area contributed by atoms with Gasteiger partial charge in [-0.15, -0.1) is 11.3 Å². The first kappa shape index (κ1) is 16.1. The molecule has 4 nitrogen and oxygen atoms in total. The molecule has 0 N–H and O–H groups in total. The van der Waals surface area contributed by atoms with E-state index in [1.807, 2.05) is 22.4 Å². The second-order valence-corrected chi connectivity index (χ2v) is 8.79. The number of nitrogens with zero attached hydrogens (tertiary/aromatic N) is 2. The van der Waals surface area contributed by atoms with Gasteiger partial charge in [0.25, 0.3) is 0 Å². The number of amides is 2. The number of thiophene rings is 1. The third-order valence-corrected chi connectivity index (χ3v) is 7.02. The Morgan fingerprint density at radius 3 is 2.83 bits per heavy atom. The number of carbonyl (C=O) groups excluding carboxylic acids is 2. The lowest BCUT2D eigenvalue weighted by Gasteiger charge is -2.42. The van der Waals surface area contributed by atoms with Gasteiger partial charge in [0.05, 0.1) is 11.8 Å². The van der Waals surface area contributed by atoms with Crippen LogP contribution in [0.5, 0.6) is 0 Å². The molecule has 24 heavy (non-hydrogen) atoms. The zero-order valence-electron chi connectivity index (χ0n) is 14.2. The summed E-state index contributed by atoms with van der Waals surface area (Å²) in [6, 6.07) is 4.00. The largest absolute Gasteiger partial charge is 0.342 e. The van der Waals surface area contributed by atoms with Crippen LogP contribution in [0.3, 0.4) is 0 Å². The highest BCUT2D eigenvalue weighted by Crippen LogP contribution is 2.41. The van der Waals surface area contributed by atoms with Crippen LogP contribution in [0.4, 0.5) is 0 Å². The number of likely N-dealkylation sites (tertiary alicyclic amines) is 2. The Kier molecular flexibility index (Phi) is 4.37. The van der Waals surface area contributed by atoms with E-state index in [0.717, 1.165) is 49.7 Å². The van der Waals surface area contributed by atoms with E-state index in [-0.39, 0.29) is 11.3 Å². The van der Waals surface area contributed by atoms with Crippen LogP contribution >= 0.6 is 11.3 Å². The highest BCUT2D eigenvalue weighted by molar-refractivity contribution is 7.10. The fraction of sp³-hybridized carbons (Fsp3) is 0.684. The maximum Gasteiger partial charge on any atom is 0.230 e. The normalized spacial score (nSPS) is 27.8. The van der Waals surface area contributed by atoms with E-state index in [1.54, 1.807) is 11.3 Å². The Morgan fingerprint density at radius 1 is 1.25 bits per heavy atom. The molecule has 1 spiro atoms. The first-order chi connectivity index (χ1) is 11.7. The Balaban J connectivity index is 1.39. The minimum atomic E-state index is -0.285. The van der Waals surface area contributed by atoms with Crippen molar-refractivity contribution in [2.75, 3.05) is 26.2 Å². The summed E-state index contributed by atoms with van der Waals surface area (Å²) in [5, 5.41) is 2.01. The molecule has 1 atom stereocenters. The summed E-state index contributed by atoms with van der Waals surface area (Å²) in [7, 11) is 0. The predicted molar refractivity (Wildman–Crippen MR) is 94.8 cm³/mol. The van der Waals surface area contributed by atoms with Gasteiger partial charge in [-0.25, -0.2) is 0 Å². The molecular formula is C19H26N2O2S. The van der Waals surface area contributed by atoms with Crippen LogP contribution in [-0.4, -0.2) is 47.8 Å². The minimum Gasteiger partial charge on any atom is -0.342 e. The third kappa shape index (κ3) is 2.99. The van der Waals surface area contributed by atoms with Gasteiger partial charge in [-0.05, 0) is 49.5 Å². The summed E-state index contributed by atoms with van der Waals surface area (Å²) in [5.41, 5.74) is -0.285. The van der Waals surface area contributed by atoms with Crippen LogP contribution < -0.4 is 0 Å². The van der Waals surface area contributed by atoms with Crippen LogP contribution in [0.15, 0.2) is 17.5 Å². The molecule has 3 heterocycles. The molecule has 3 fully saturated rings. The average molecular weight is 346 g/mol. The van der Waals surface area contributed by atoms with Crippen molar-refractivity contribution >= 4 is 23.2 Å². The second-order valence-electron chi connectivity index (χ2n) is 7.75.